The minimum atomic E-state index is -1.16. The van der Waals surface area contributed by atoms with Crippen LogP contribution in [-0.2, 0) is 9.53 Å². The zero-order valence-corrected chi connectivity index (χ0v) is 11.8. The molecule has 0 unspecified atom stereocenters. The maximum atomic E-state index is 11.9. The summed E-state index contributed by atoms with van der Waals surface area (Å²) in [6.45, 7) is -0.403. The van der Waals surface area contributed by atoms with E-state index < -0.39 is 52.7 Å². The molecule has 1 saturated heterocycles. The third kappa shape index (κ3) is 3.55. The van der Waals surface area contributed by atoms with Gasteiger partial charge in [-0.1, -0.05) is 6.07 Å². The Morgan fingerprint density at radius 1 is 1.43 bits per heavy atom. The first kappa shape index (κ1) is 16.6. The number of phenols is 1. The highest BCUT2D eigenvalue weighted by atomic mass is 16.6. The van der Waals surface area contributed by atoms with Gasteiger partial charge in [0.25, 0.3) is 0 Å². The van der Waals surface area contributed by atoms with Crippen LogP contribution in [0.5, 0.6) is 5.75 Å². The zero-order valence-electron chi connectivity index (χ0n) is 11.8. The summed E-state index contributed by atoms with van der Waals surface area (Å²) in [6.07, 6.45) is -0.837. The van der Waals surface area contributed by atoms with Gasteiger partial charge in [0.1, 0.15) is 18.3 Å². The number of aliphatic hydroxyl groups is 1. The normalized spacial score (nSPS) is 21.1. The molecule has 124 valence electrons. The number of aliphatic carboxylic acids is 1. The quantitative estimate of drug-likeness (QED) is 0.384. The van der Waals surface area contributed by atoms with Gasteiger partial charge in [0.05, 0.1) is 11.0 Å². The second-order valence-corrected chi connectivity index (χ2v) is 5.01. The lowest BCUT2D eigenvalue weighted by molar-refractivity contribution is -0.385. The lowest BCUT2D eigenvalue weighted by Crippen LogP contribution is -2.38. The second-order valence-electron chi connectivity index (χ2n) is 5.01. The van der Waals surface area contributed by atoms with Crippen LogP contribution in [0.4, 0.5) is 5.69 Å². The Morgan fingerprint density at radius 3 is 2.74 bits per heavy atom. The van der Waals surface area contributed by atoms with Gasteiger partial charge in [-0.25, -0.2) is 4.79 Å². The van der Waals surface area contributed by atoms with Gasteiger partial charge >= 0.3 is 17.6 Å². The molecule has 0 bridgehead atoms. The molecule has 10 heteroatoms. The van der Waals surface area contributed by atoms with Crippen molar-refractivity contribution in [3.05, 3.63) is 33.9 Å². The maximum Gasteiger partial charge on any atom is 0.343 e. The monoisotopic (exact) mass is 326 g/mol. The molecular weight excluding hydrogens is 312 g/mol. The van der Waals surface area contributed by atoms with Gasteiger partial charge in [0, 0.05) is 19.0 Å². The summed E-state index contributed by atoms with van der Waals surface area (Å²) in [5.41, 5.74) is -1.04. The Labute approximate surface area is 129 Å². The Bertz CT molecular complexity index is 647. The average Bonchev–Trinajstić information content (AvgIpc) is 2.86. The summed E-state index contributed by atoms with van der Waals surface area (Å²) >= 11 is 0. The van der Waals surface area contributed by atoms with E-state index in [1.807, 2.05) is 0 Å². The first-order valence-electron chi connectivity index (χ1n) is 6.59. The van der Waals surface area contributed by atoms with Gasteiger partial charge in [-0.15, -0.1) is 0 Å². The molecule has 0 radical (unpaired) electrons. The molecule has 1 fully saturated rings. The number of benzene rings is 1. The molecule has 1 aromatic carbocycles. The van der Waals surface area contributed by atoms with Gasteiger partial charge < -0.3 is 20.1 Å². The molecule has 2 rings (SSSR count). The molecule has 0 saturated carbocycles. The number of likely N-dealkylation sites (tertiary alicyclic amines) is 1. The number of hydrogen-bond donors (Lipinski definition) is 3. The molecule has 0 spiro atoms. The molecule has 2 atom stereocenters. The number of aliphatic hydroxyl groups excluding tert-OH is 1. The number of nitrogens with zero attached hydrogens (tertiary/aromatic N) is 2. The van der Waals surface area contributed by atoms with Crippen molar-refractivity contribution in [1.82, 2.24) is 4.90 Å². The van der Waals surface area contributed by atoms with E-state index in [2.05, 4.69) is 0 Å². The molecule has 1 aromatic rings. The van der Waals surface area contributed by atoms with Crippen LogP contribution in [0.25, 0.3) is 0 Å². The summed E-state index contributed by atoms with van der Waals surface area (Å²) in [5.74, 6) is -3.01. The van der Waals surface area contributed by atoms with Crippen LogP contribution in [0.2, 0.25) is 0 Å². The first-order chi connectivity index (χ1) is 10.8. The van der Waals surface area contributed by atoms with E-state index >= 15 is 0 Å². The maximum absolute atomic E-state index is 11.9. The van der Waals surface area contributed by atoms with Crippen LogP contribution < -0.4 is 0 Å². The average molecular weight is 326 g/mol. The fourth-order valence-corrected chi connectivity index (χ4v) is 2.34. The fourth-order valence-electron chi connectivity index (χ4n) is 2.34. The molecule has 3 N–H and O–H groups in total. The Hall–Kier alpha value is -2.72. The first-order valence-corrected chi connectivity index (χ1v) is 6.59. The van der Waals surface area contributed by atoms with Gasteiger partial charge in [-0.2, -0.15) is 0 Å². The molecule has 1 aliphatic rings. The molecule has 1 heterocycles. The van der Waals surface area contributed by atoms with Gasteiger partial charge in [-0.3, -0.25) is 19.8 Å². The number of aromatic hydroxyl groups is 1. The smallest absolute Gasteiger partial charge is 0.343 e. The van der Waals surface area contributed by atoms with Crippen LogP contribution >= 0.6 is 0 Å². The Balaban J connectivity index is 2.07. The van der Waals surface area contributed by atoms with E-state index in [9.17, 15) is 29.9 Å². The third-order valence-electron chi connectivity index (χ3n) is 3.46. The van der Waals surface area contributed by atoms with Crippen molar-refractivity contribution in [1.29, 1.82) is 0 Å². The summed E-state index contributed by atoms with van der Waals surface area (Å²) in [5, 5.41) is 38.9. The SMILES string of the molecule is O=C(OCN1C[C@@H](O)C[C@H]1C(=O)O)c1cccc([N+](=O)[O-])c1O. The lowest BCUT2D eigenvalue weighted by atomic mass is 10.2. The number of carboxylic acid groups (broad SMARTS) is 1. The Kier molecular flexibility index (Phi) is 4.77. The predicted molar refractivity (Wildman–Crippen MR) is 73.8 cm³/mol. The number of esters is 1. The number of rotatable bonds is 5. The zero-order chi connectivity index (χ0) is 17.1. The number of carbonyl (C=O) groups is 2. The molecular formula is C13H14N2O8. The van der Waals surface area contributed by atoms with Crippen LogP contribution in [0.15, 0.2) is 18.2 Å². The summed E-state index contributed by atoms with van der Waals surface area (Å²) in [4.78, 5) is 34.1. The molecule has 0 aliphatic carbocycles. The van der Waals surface area contributed by atoms with Crippen molar-refractivity contribution in [2.24, 2.45) is 0 Å². The third-order valence-corrected chi connectivity index (χ3v) is 3.46. The number of ether oxygens (including phenoxy) is 1. The van der Waals surface area contributed by atoms with E-state index in [0.29, 0.717) is 0 Å². The van der Waals surface area contributed by atoms with Crippen molar-refractivity contribution < 1.29 is 34.6 Å². The summed E-state index contributed by atoms with van der Waals surface area (Å²) < 4.78 is 4.89. The van der Waals surface area contributed by atoms with Gasteiger partial charge in [0.2, 0.25) is 5.75 Å². The van der Waals surface area contributed by atoms with E-state index in [0.717, 1.165) is 12.1 Å². The van der Waals surface area contributed by atoms with Crippen molar-refractivity contribution in [3.63, 3.8) is 0 Å². The lowest BCUT2D eigenvalue weighted by Gasteiger charge is -2.20. The summed E-state index contributed by atoms with van der Waals surface area (Å²) in [6, 6.07) is 2.41. The Morgan fingerprint density at radius 2 is 2.13 bits per heavy atom. The van der Waals surface area contributed by atoms with Crippen molar-refractivity contribution >= 4 is 17.6 Å². The van der Waals surface area contributed by atoms with Crippen LogP contribution in [0.3, 0.4) is 0 Å². The second kappa shape index (κ2) is 6.58. The number of phenolic OH excluding ortho intramolecular Hbond substituents is 1. The topological polar surface area (TPSA) is 150 Å². The standard InChI is InChI=1S/C13H14N2O8/c16-7-4-10(12(18)19)14(5-7)6-23-13(20)8-2-1-3-9(11(8)17)15(21)22/h1-3,7,10,16-17H,4-6H2,(H,18,19)/t7-,10-/m0/s1. The predicted octanol–water partition coefficient (Wildman–Crippen LogP) is -0.0655. The van der Waals surface area contributed by atoms with Crippen LogP contribution in [-0.4, -0.2) is 62.5 Å². The molecule has 0 aromatic heterocycles. The van der Waals surface area contributed by atoms with E-state index in [1.165, 1.54) is 11.0 Å². The van der Waals surface area contributed by atoms with Crippen LogP contribution in [0, 0.1) is 10.1 Å². The van der Waals surface area contributed by atoms with Crippen molar-refractivity contribution in [2.45, 2.75) is 18.6 Å². The highest BCUT2D eigenvalue weighted by molar-refractivity contribution is 5.93. The highest BCUT2D eigenvalue weighted by Crippen LogP contribution is 2.29. The number of β-amino-alcohol motifs (C(OH)–C–C–N with tert-alkyl or cyclic N) is 1. The van der Waals surface area contributed by atoms with E-state index in [1.54, 1.807) is 0 Å². The highest BCUT2D eigenvalue weighted by Gasteiger charge is 2.36. The number of carboxylic acids is 1. The molecule has 0 amide bonds. The number of nitro benzene ring substituents is 1. The van der Waals surface area contributed by atoms with E-state index in [-0.39, 0.29) is 13.0 Å². The van der Waals surface area contributed by atoms with Gasteiger partial charge in [0.15, 0.2) is 0 Å². The van der Waals surface area contributed by atoms with E-state index in [4.69, 9.17) is 9.84 Å². The van der Waals surface area contributed by atoms with Crippen LogP contribution in [0.1, 0.15) is 16.8 Å². The number of para-hydroxylation sites is 1. The summed E-state index contributed by atoms with van der Waals surface area (Å²) in [7, 11) is 0. The van der Waals surface area contributed by atoms with Gasteiger partial charge in [-0.05, 0) is 6.07 Å². The van der Waals surface area contributed by atoms with Crippen molar-refractivity contribution in [3.8, 4) is 5.75 Å². The molecule has 23 heavy (non-hydrogen) atoms. The largest absolute Gasteiger partial charge is 0.501 e. The minimum absolute atomic E-state index is 0.00887. The molecule has 10 nitrogen and oxygen atoms in total. The minimum Gasteiger partial charge on any atom is -0.501 e. The fraction of sp³-hybridized carbons (Fsp3) is 0.385. The molecule has 1 aliphatic heterocycles. The number of carbonyl (C=O) groups excluding carboxylic acids is 1. The number of nitro groups is 1. The number of hydrogen-bond acceptors (Lipinski definition) is 8. The van der Waals surface area contributed by atoms with Crippen molar-refractivity contribution in [2.75, 3.05) is 13.3 Å².